The molecule has 0 aromatic heterocycles. The second kappa shape index (κ2) is 12.5. The number of halogens is 1. The monoisotopic (exact) mass is 506 g/mol. The van der Waals surface area contributed by atoms with Gasteiger partial charge in [-0.05, 0) is 39.7 Å². The number of hydrogen-bond donors (Lipinski definition) is 2. The van der Waals surface area contributed by atoms with Crippen LogP contribution in [-0.4, -0.2) is 97.7 Å². The van der Waals surface area contributed by atoms with Crippen molar-refractivity contribution >= 4 is 29.9 Å². The lowest BCUT2D eigenvalue weighted by Crippen LogP contribution is -2.50. The lowest BCUT2D eigenvalue weighted by atomic mass is 10.2. The predicted octanol–water partition coefficient (Wildman–Crippen LogP) is 2.20. The maximum Gasteiger partial charge on any atom is 0.191 e. The van der Waals surface area contributed by atoms with Gasteiger partial charge in [0, 0.05) is 63.9 Å². The van der Waals surface area contributed by atoms with Crippen LogP contribution in [0.4, 0.5) is 0 Å². The van der Waals surface area contributed by atoms with E-state index in [1.54, 1.807) is 0 Å². The van der Waals surface area contributed by atoms with Crippen molar-refractivity contribution in [3.63, 3.8) is 0 Å². The topological polar surface area (TPSA) is 46.1 Å². The number of likely N-dealkylation sites (tertiary alicyclic amines) is 1. The molecule has 2 heterocycles. The van der Waals surface area contributed by atoms with E-state index in [4.69, 9.17) is 4.99 Å². The second-order valence-electron chi connectivity index (χ2n) is 8.60. The zero-order chi connectivity index (χ0) is 19.1. The largest absolute Gasteiger partial charge is 0.357 e. The van der Waals surface area contributed by atoms with Crippen molar-refractivity contribution in [3.8, 4) is 0 Å². The summed E-state index contributed by atoms with van der Waals surface area (Å²) in [6, 6.07) is 1.91. The van der Waals surface area contributed by atoms with Crippen molar-refractivity contribution in [2.75, 3.05) is 58.9 Å². The number of rotatable bonds is 7. The quantitative estimate of drug-likeness (QED) is 0.315. The molecule has 28 heavy (non-hydrogen) atoms. The highest BCUT2D eigenvalue weighted by Crippen LogP contribution is 2.26. The third-order valence-electron chi connectivity index (χ3n) is 6.74. The van der Waals surface area contributed by atoms with E-state index >= 15 is 0 Å². The number of hydrogen-bond acceptors (Lipinski definition) is 4. The van der Waals surface area contributed by atoms with Gasteiger partial charge >= 0.3 is 0 Å². The fourth-order valence-corrected chi connectivity index (χ4v) is 4.88. The van der Waals surface area contributed by atoms with Crippen LogP contribution in [-0.2, 0) is 0 Å². The maximum absolute atomic E-state index is 4.93. The van der Waals surface area contributed by atoms with E-state index in [2.05, 4.69) is 46.1 Å². The Morgan fingerprint density at radius 2 is 1.75 bits per heavy atom. The molecule has 2 unspecified atom stereocenters. The van der Waals surface area contributed by atoms with E-state index in [1.807, 2.05) is 0 Å². The Balaban J connectivity index is 0.00000280. The van der Waals surface area contributed by atoms with Gasteiger partial charge in [-0.2, -0.15) is 0 Å². The number of aliphatic imine (C=N–C) groups is 1. The summed E-state index contributed by atoms with van der Waals surface area (Å²) in [5.41, 5.74) is 0. The summed E-state index contributed by atoms with van der Waals surface area (Å²) < 4.78 is 0. The van der Waals surface area contributed by atoms with Crippen LogP contribution < -0.4 is 10.6 Å². The van der Waals surface area contributed by atoms with Gasteiger partial charge in [0.1, 0.15) is 0 Å². The molecule has 2 saturated heterocycles. The first-order valence-electron chi connectivity index (χ1n) is 11.4. The normalized spacial score (nSPS) is 27.0. The summed E-state index contributed by atoms with van der Waals surface area (Å²) in [6.45, 7) is 16.9. The smallest absolute Gasteiger partial charge is 0.191 e. The summed E-state index contributed by atoms with van der Waals surface area (Å²) in [4.78, 5) is 12.8. The molecule has 2 aliphatic heterocycles. The summed E-state index contributed by atoms with van der Waals surface area (Å²) >= 11 is 0. The highest BCUT2D eigenvalue weighted by atomic mass is 127. The van der Waals surface area contributed by atoms with Gasteiger partial charge in [0.25, 0.3) is 0 Å². The van der Waals surface area contributed by atoms with Crippen LogP contribution in [0.25, 0.3) is 0 Å². The molecule has 6 nitrogen and oxygen atoms in total. The molecule has 0 radical (unpaired) electrons. The van der Waals surface area contributed by atoms with Crippen molar-refractivity contribution < 1.29 is 0 Å². The molecule has 3 fully saturated rings. The van der Waals surface area contributed by atoms with Crippen molar-refractivity contribution in [2.45, 2.75) is 71.0 Å². The number of piperazine rings is 1. The second-order valence-corrected chi connectivity index (χ2v) is 8.60. The first-order valence-corrected chi connectivity index (χ1v) is 11.4. The molecular weight excluding hydrogens is 463 g/mol. The molecular formula is C21H43IN6. The van der Waals surface area contributed by atoms with Crippen molar-refractivity contribution in [1.29, 1.82) is 0 Å². The van der Waals surface area contributed by atoms with Crippen LogP contribution in [0.5, 0.6) is 0 Å². The minimum absolute atomic E-state index is 0. The van der Waals surface area contributed by atoms with Gasteiger partial charge in [-0.3, -0.25) is 14.8 Å². The Labute approximate surface area is 189 Å². The van der Waals surface area contributed by atoms with E-state index in [1.165, 1.54) is 77.9 Å². The van der Waals surface area contributed by atoms with Crippen LogP contribution in [0.3, 0.4) is 0 Å². The van der Waals surface area contributed by atoms with E-state index in [0.29, 0.717) is 12.1 Å². The number of nitrogens with zero attached hydrogens (tertiary/aromatic N) is 4. The molecule has 0 aromatic carbocycles. The summed E-state index contributed by atoms with van der Waals surface area (Å²) in [5, 5.41) is 7.18. The Bertz CT molecular complexity index is 460. The van der Waals surface area contributed by atoms with Gasteiger partial charge in [0.15, 0.2) is 5.96 Å². The molecule has 2 atom stereocenters. The SMILES string of the molecule is CCNC(=NCC(C)N1CCN(CC)CC1)NC1CCN(C2CCCC2)C1.I. The molecule has 1 aliphatic carbocycles. The molecule has 7 heteroatoms. The molecule has 0 bridgehead atoms. The summed E-state index contributed by atoms with van der Waals surface area (Å²) in [7, 11) is 0. The standard InChI is InChI=1S/C21H42N6.HI/c1-4-22-21(23-16-18(3)26-14-12-25(5-2)13-15-26)24-19-10-11-27(17-19)20-8-6-7-9-20;/h18-20H,4-17H2,1-3H3,(H2,22,23,24);1H. The van der Waals surface area contributed by atoms with E-state index < -0.39 is 0 Å². The Morgan fingerprint density at radius 1 is 1.04 bits per heavy atom. The predicted molar refractivity (Wildman–Crippen MR) is 130 cm³/mol. The molecule has 164 valence electrons. The van der Waals surface area contributed by atoms with Crippen molar-refractivity contribution in [2.24, 2.45) is 4.99 Å². The minimum Gasteiger partial charge on any atom is -0.357 e. The van der Waals surface area contributed by atoms with Crippen LogP contribution >= 0.6 is 24.0 Å². The van der Waals surface area contributed by atoms with Gasteiger partial charge < -0.3 is 15.5 Å². The molecule has 1 saturated carbocycles. The van der Waals surface area contributed by atoms with Crippen LogP contribution in [0, 0.1) is 0 Å². The lowest BCUT2D eigenvalue weighted by Gasteiger charge is -2.37. The lowest BCUT2D eigenvalue weighted by molar-refractivity contribution is 0.109. The van der Waals surface area contributed by atoms with E-state index in [0.717, 1.165) is 25.1 Å². The summed E-state index contributed by atoms with van der Waals surface area (Å²) in [5.74, 6) is 1.01. The average molecular weight is 507 g/mol. The number of nitrogens with one attached hydrogen (secondary N) is 2. The number of guanidine groups is 1. The first-order chi connectivity index (χ1) is 13.2. The Hall–Kier alpha value is -0.120. The first kappa shape index (κ1) is 24.2. The van der Waals surface area contributed by atoms with Gasteiger partial charge in [-0.1, -0.05) is 19.8 Å². The van der Waals surface area contributed by atoms with Crippen molar-refractivity contribution in [3.05, 3.63) is 0 Å². The van der Waals surface area contributed by atoms with E-state index in [9.17, 15) is 0 Å². The Kier molecular flexibility index (Phi) is 10.8. The third kappa shape index (κ3) is 6.99. The Morgan fingerprint density at radius 3 is 2.39 bits per heavy atom. The van der Waals surface area contributed by atoms with Gasteiger partial charge in [0.2, 0.25) is 0 Å². The highest BCUT2D eigenvalue weighted by molar-refractivity contribution is 14.0. The van der Waals surface area contributed by atoms with Crippen LogP contribution in [0.15, 0.2) is 4.99 Å². The molecule has 0 aromatic rings. The van der Waals surface area contributed by atoms with Gasteiger partial charge in [-0.25, -0.2) is 0 Å². The zero-order valence-electron chi connectivity index (χ0n) is 18.3. The minimum atomic E-state index is 0. The van der Waals surface area contributed by atoms with E-state index in [-0.39, 0.29) is 24.0 Å². The van der Waals surface area contributed by atoms with Crippen LogP contribution in [0.1, 0.15) is 52.9 Å². The van der Waals surface area contributed by atoms with Gasteiger partial charge in [0.05, 0.1) is 6.54 Å². The van der Waals surface area contributed by atoms with Gasteiger partial charge in [-0.15, -0.1) is 24.0 Å². The fraction of sp³-hybridized carbons (Fsp3) is 0.952. The highest BCUT2D eigenvalue weighted by Gasteiger charge is 2.30. The maximum atomic E-state index is 4.93. The van der Waals surface area contributed by atoms with Crippen LogP contribution in [0.2, 0.25) is 0 Å². The average Bonchev–Trinajstić information content (AvgIpc) is 3.38. The molecule has 0 amide bonds. The number of likely N-dealkylation sites (N-methyl/N-ethyl adjacent to an activating group) is 1. The zero-order valence-corrected chi connectivity index (χ0v) is 20.7. The molecule has 3 aliphatic rings. The third-order valence-corrected chi connectivity index (χ3v) is 6.74. The fourth-order valence-electron chi connectivity index (χ4n) is 4.88. The molecule has 0 spiro atoms. The molecule has 2 N–H and O–H groups in total. The molecule has 3 rings (SSSR count). The summed E-state index contributed by atoms with van der Waals surface area (Å²) in [6.07, 6.45) is 6.91. The van der Waals surface area contributed by atoms with Crippen molar-refractivity contribution in [1.82, 2.24) is 25.3 Å².